The fourth-order valence-corrected chi connectivity index (χ4v) is 0.615. The summed E-state index contributed by atoms with van der Waals surface area (Å²) in [5, 5.41) is 0. The summed E-state index contributed by atoms with van der Waals surface area (Å²) in [5.41, 5.74) is 0.965. The lowest BCUT2D eigenvalue weighted by atomic mass is 10.2. The second-order valence-corrected chi connectivity index (χ2v) is 1.73. The molecule has 0 fully saturated rings. The number of hydrogen-bond donors (Lipinski definition) is 0. The van der Waals surface area contributed by atoms with E-state index in [9.17, 15) is 4.79 Å². The third-order valence-corrected chi connectivity index (χ3v) is 1.04. The summed E-state index contributed by atoms with van der Waals surface area (Å²) in [7, 11) is 0. The van der Waals surface area contributed by atoms with Crippen LogP contribution in [0.5, 0.6) is 0 Å². The first-order valence-electron chi connectivity index (χ1n) is 2.76. The summed E-state index contributed by atoms with van der Waals surface area (Å²) in [6.07, 6.45) is 4.72. The van der Waals surface area contributed by atoms with Crippen LogP contribution in [0.1, 0.15) is 5.56 Å². The molecule has 0 unspecified atom stereocenters. The predicted octanol–water partition coefficient (Wildman–Crippen LogP) is 0.823. The van der Waals surface area contributed by atoms with Gasteiger partial charge in [0.15, 0.2) is 0 Å². The van der Waals surface area contributed by atoms with Crippen LogP contribution in [0.15, 0.2) is 24.5 Å². The minimum Gasteiger partial charge on any atom is -0.303 e. The van der Waals surface area contributed by atoms with Crippen LogP contribution >= 0.6 is 0 Å². The van der Waals surface area contributed by atoms with Crippen molar-refractivity contribution in [1.29, 1.82) is 0 Å². The van der Waals surface area contributed by atoms with Gasteiger partial charge in [0.1, 0.15) is 6.29 Å². The molecule has 0 aliphatic heterocycles. The van der Waals surface area contributed by atoms with Crippen molar-refractivity contribution in [2.24, 2.45) is 0 Å². The lowest BCUT2D eigenvalue weighted by molar-refractivity contribution is -0.107. The number of carbonyl (C=O) groups excluding carboxylic acids is 1. The zero-order valence-electron chi connectivity index (χ0n) is 4.95. The zero-order valence-corrected chi connectivity index (χ0v) is 4.95. The van der Waals surface area contributed by atoms with E-state index in [-0.39, 0.29) is 0 Å². The van der Waals surface area contributed by atoms with Crippen LogP contribution in [0, 0.1) is 0 Å². The van der Waals surface area contributed by atoms with Gasteiger partial charge in [0.2, 0.25) is 0 Å². The number of aldehydes is 1. The van der Waals surface area contributed by atoms with Gasteiger partial charge in [-0.15, -0.1) is 0 Å². The summed E-state index contributed by atoms with van der Waals surface area (Å²) in [4.78, 5) is 13.8. The first-order valence-corrected chi connectivity index (χ1v) is 2.76. The molecule has 0 aliphatic rings. The Morgan fingerprint density at radius 1 is 1.67 bits per heavy atom. The van der Waals surface area contributed by atoms with Crippen LogP contribution < -0.4 is 0 Å². The van der Waals surface area contributed by atoms with E-state index in [1.807, 2.05) is 12.1 Å². The van der Waals surface area contributed by atoms with E-state index in [4.69, 9.17) is 0 Å². The van der Waals surface area contributed by atoms with Crippen molar-refractivity contribution in [2.75, 3.05) is 0 Å². The standard InChI is InChI=1S/C7H7NO/c9-5-3-7-2-1-4-8-6-7/h1-2,4-6H,3H2. The van der Waals surface area contributed by atoms with Gasteiger partial charge in [0.25, 0.3) is 0 Å². The minimum absolute atomic E-state index is 0.466. The van der Waals surface area contributed by atoms with E-state index in [0.717, 1.165) is 11.8 Å². The molecule has 9 heavy (non-hydrogen) atoms. The van der Waals surface area contributed by atoms with E-state index in [0.29, 0.717) is 6.42 Å². The smallest absolute Gasteiger partial charge is 0.124 e. The largest absolute Gasteiger partial charge is 0.303 e. The third kappa shape index (κ3) is 1.64. The van der Waals surface area contributed by atoms with Gasteiger partial charge < -0.3 is 4.79 Å². The van der Waals surface area contributed by atoms with E-state index in [1.54, 1.807) is 12.4 Å². The summed E-state index contributed by atoms with van der Waals surface area (Å²) >= 11 is 0. The number of hydrogen-bond acceptors (Lipinski definition) is 2. The van der Waals surface area contributed by atoms with Crippen LogP contribution in [0.3, 0.4) is 0 Å². The SMILES string of the molecule is O=CCc1cccnc1. The van der Waals surface area contributed by atoms with Crippen molar-refractivity contribution in [3.05, 3.63) is 30.1 Å². The Morgan fingerprint density at radius 2 is 2.56 bits per heavy atom. The zero-order chi connectivity index (χ0) is 6.53. The maximum Gasteiger partial charge on any atom is 0.124 e. The third-order valence-electron chi connectivity index (χ3n) is 1.04. The fourth-order valence-electron chi connectivity index (χ4n) is 0.615. The normalized spacial score (nSPS) is 8.89. The highest BCUT2D eigenvalue weighted by Gasteiger charge is 1.85. The highest BCUT2D eigenvalue weighted by Crippen LogP contribution is 1.92. The molecule has 1 rings (SSSR count). The quantitative estimate of drug-likeness (QED) is 0.542. The van der Waals surface area contributed by atoms with E-state index in [1.165, 1.54) is 0 Å². The van der Waals surface area contributed by atoms with Crippen LogP contribution in [-0.2, 0) is 11.2 Å². The van der Waals surface area contributed by atoms with Gasteiger partial charge in [0.05, 0.1) is 0 Å². The monoisotopic (exact) mass is 121 g/mol. The Balaban J connectivity index is 2.72. The molecule has 0 aliphatic carbocycles. The molecular weight excluding hydrogens is 114 g/mol. The average molecular weight is 121 g/mol. The first-order chi connectivity index (χ1) is 4.43. The molecule has 0 saturated heterocycles. The van der Waals surface area contributed by atoms with Crippen LogP contribution in [0.2, 0.25) is 0 Å². The van der Waals surface area contributed by atoms with Crippen molar-refractivity contribution in [3.63, 3.8) is 0 Å². The Morgan fingerprint density at radius 3 is 3.11 bits per heavy atom. The molecule has 1 heterocycles. The van der Waals surface area contributed by atoms with Gasteiger partial charge in [-0.2, -0.15) is 0 Å². The van der Waals surface area contributed by atoms with Gasteiger partial charge in [-0.1, -0.05) is 6.07 Å². The van der Waals surface area contributed by atoms with Crippen molar-refractivity contribution >= 4 is 6.29 Å². The Bertz CT molecular complexity index is 183. The molecule has 2 nitrogen and oxygen atoms in total. The number of rotatable bonds is 2. The number of aromatic nitrogens is 1. The maximum absolute atomic E-state index is 9.95. The minimum atomic E-state index is 0.466. The van der Waals surface area contributed by atoms with Gasteiger partial charge in [-0.3, -0.25) is 4.98 Å². The molecule has 0 aromatic carbocycles. The lowest BCUT2D eigenvalue weighted by Gasteiger charge is -1.88. The molecule has 46 valence electrons. The van der Waals surface area contributed by atoms with Crippen LogP contribution in [0.4, 0.5) is 0 Å². The van der Waals surface area contributed by atoms with E-state index < -0.39 is 0 Å². The van der Waals surface area contributed by atoms with Gasteiger partial charge in [0, 0.05) is 18.8 Å². The molecule has 0 atom stereocenters. The predicted molar refractivity (Wildman–Crippen MR) is 34.0 cm³/mol. The Hall–Kier alpha value is -1.18. The van der Waals surface area contributed by atoms with Crippen molar-refractivity contribution in [1.82, 2.24) is 4.98 Å². The summed E-state index contributed by atoms with van der Waals surface area (Å²) in [6.45, 7) is 0. The molecule has 0 spiro atoms. The van der Waals surface area contributed by atoms with Gasteiger partial charge >= 0.3 is 0 Å². The van der Waals surface area contributed by atoms with Gasteiger partial charge in [-0.05, 0) is 11.6 Å². The highest BCUT2D eigenvalue weighted by molar-refractivity contribution is 5.54. The van der Waals surface area contributed by atoms with Gasteiger partial charge in [-0.25, -0.2) is 0 Å². The Kier molecular flexibility index (Phi) is 1.96. The number of carbonyl (C=O) groups is 1. The number of nitrogens with zero attached hydrogens (tertiary/aromatic N) is 1. The molecule has 0 amide bonds. The fraction of sp³-hybridized carbons (Fsp3) is 0.143. The molecule has 0 N–H and O–H groups in total. The molecule has 0 radical (unpaired) electrons. The summed E-state index contributed by atoms with van der Waals surface area (Å²) in [5.74, 6) is 0. The molecule has 0 saturated carbocycles. The van der Waals surface area contributed by atoms with Crippen molar-refractivity contribution in [3.8, 4) is 0 Å². The van der Waals surface area contributed by atoms with Crippen molar-refractivity contribution < 1.29 is 4.79 Å². The van der Waals surface area contributed by atoms with Crippen molar-refractivity contribution in [2.45, 2.75) is 6.42 Å². The lowest BCUT2D eigenvalue weighted by Crippen LogP contribution is -1.84. The maximum atomic E-state index is 9.95. The molecule has 1 aromatic heterocycles. The molecule has 1 aromatic rings. The average Bonchev–Trinajstić information content (AvgIpc) is 1.91. The molecule has 0 bridgehead atoms. The second-order valence-electron chi connectivity index (χ2n) is 1.73. The van der Waals surface area contributed by atoms with Crippen LogP contribution in [-0.4, -0.2) is 11.3 Å². The molecular formula is C7H7NO. The molecule has 2 heteroatoms. The van der Waals surface area contributed by atoms with Crippen LogP contribution in [0.25, 0.3) is 0 Å². The van der Waals surface area contributed by atoms with E-state index >= 15 is 0 Å². The second kappa shape index (κ2) is 2.97. The topological polar surface area (TPSA) is 30.0 Å². The summed E-state index contributed by atoms with van der Waals surface area (Å²) in [6, 6.07) is 3.69. The highest BCUT2D eigenvalue weighted by atomic mass is 16.1. The van der Waals surface area contributed by atoms with E-state index in [2.05, 4.69) is 4.98 Å². The first kappa shape index (κ1) is 5.95. The Labute approximate surface area is 53.5 Å². The number of pyridine rings is 1. The summed E-state index contributed by atoms with van der Waals surface area (Å²) < 4.78 is 0.